The lowest BCUT2D eigenvalue weighted by atomic mass is 9.85. The van der Waals surface area contributed by atoms with E-state index < -0.39 is 0 Å². The third kappa shape index (κ3) is 3.33. The zero-order valence-electron chi connectivity index (χ0n) is 13.5. The molecule has 1 fully saturated rings. The summed E-state index contributed by atoms with van der Waals surface area (Å²) in [5.74, 6) is 2.20. The van der Waals surface area contributed by atoms with Gasteiger partial charge in [0.25, 0.3) is 0 Å². The number of hydrogen-bond donors (Lipinski definition) is 1. The summed E-state index contributed by atoms with van der Waals surface area (Å²) in [7, 11) is 3.42. The fourth-order valence-corrected chi connectivity index (χ4v) is 3.34. The van der Waals surface area contributed by atoms with Gasteiger partial charge in [-0.3, -0.25) is 0 Å². The highest BCUT2D eigenvalue weighted by molar-refractivity contribution is 5.47. The summed E-state index contributed by atoms with van der Waals surface area (Å²) in [6.07, 6.45) is 2.39. The standard InChI is InChI=1S/C17H27NO3/c1-5-13-12(10-11-21-13)17(18-6-2)16-14(19-3)8-7-9-15(16)20-4/h7-9,12-13,17-18H,5-6,10-11H2,1-4H3. The van der Waals surface area contributed by atoms with E-state index in [9.17, 15) is 0 Å². The Hall–Kier alpha value is -1.26. The molecule has 0 bridgehead atoms. The van der Waals surface area contributed by atoms with Gasteiger partial charge in [-0.15, -0.1) is 0 Å². The van der Waals surface area contributed by atoms with Gasteiger partial charge in [-0.2, -0.15) is 0 Å². The van der Waals surface area contributed by atoms with Crippen molar-refractivity contribution in [3.8, 4) is 11.5 Å². The Kier molecular flexibility index (Phi) is 5.88. The van der Waals surface area contributed by atoms with Crippen molar-refractivity contribution in [2.45, 2.75) is 38.8 Å². The van der Waals surface area contributed by atoms with E-state index in [1.807, 2.05) is 18.2 Å². The molecule has 3 unspecified atom stereocenters. The highest BCUT2D eigenvalue weighted by atomic mass is 16.5. The molecule has 0 spiro atoms. The molecule has 4 heteroatoms. The minimum absolute atomic E-state index is 0.188. The van der Waals surface area contributed by atoms with E-state index in [4.69, 9.17) is 14.2 Å². The minimum atomic E-state index is 0.188. The second kappa shape index (κ2) is 7.66. The maximum Gasteiger partial charge on any atom is 0.127 e. The number of hydrogen-bond acceptors (Lipinski definition) is 4. The van der Waals surface area contributed by atoms with Gasteiger partial charge in [-0.25, -0.2) is 0 Å². The predicted molar refractivity (Wildman–Crippen MR) is 84.1 cm³/mol. The van der Waals surface area contributed by atoms with Gasteiger partial charge < -0.3 is 19.5 Å². The van der Waals surface area contributed by atoms with E-state index in [-0.39, 0.29) is 6.04 Å². The van der Waals surface area contributed by atoms with Crippen LogP contribution in [0.3, 0.4) is 0 Å². The molecule has 0 saturated carbocycles. The van der Waals surface area contributed by atoms with Crippen LogP contribution in [-0.4, -0.2) is 33.5 Å². The number of ether oxygens (including phenoxy) is 3. The summed E-state index contributed by atoms with van der Waals surface area (Å²) in [4.78, 5) is 0. The zero-order valence-corrected chi connectivity index (χ0v) is 13.5. The summed E-state index contributed by atoms with van der Waals surface area (Å²) >= 11 is 0. The number of rotatable bonds is 7. The smallest absolute Gasteiger partial charge is 0.127 e. The van der Waals surface area contributed by atoms with E-state index in [1.165, 1.54) is 0 Å². The first kappa shape index (κ1) is 16.1. The molecule has 0 aromatic heterocycles. The Morgan fingerprint density at radius 3 is 2.43 bits per heavy atom. The summed E-state index contributed by atoms with van der Waals surface area (Å²) in [6.45, 7) is 6.05. The molecule has 2 rings (SSSR count). The molecule has 0 radical (unpaired) electrons. The fourth-order valence-electron chi connectivity index (χ4n) is 3.34. The zero-order chi connectivity index (χ0) is 15.2. The molecule has 1 saturated heterocycles. The van der Waals surface area contributed by atoms with Crippen molar-refractivity contribution in [1.82, 2.24) is 5.32 Å². The van der Waals surface area contributed by atoms with Gasteiger partial charge >= 0.3 is 0 Å². The van der Waals surface area contributed by atoms with Crippen LogP contribution in [0.1, 0.15) is 38.3 Å². The molecular formula is C17H27NO3. The lowest BCUT2D eigenvalue weighted by molar-refractivity contribution is 0.0770. The number of methoxy groups -OCH3 is 2. The summed E-state index contributed by atoms with van der Waals surface area (Å²) < 4.78 is 17.1. The predicted octanol–water partition coefficient (Wildman–Crippen LogP) is 3.17. The third-order valence-electron chi connectivity index (χ3n) is 4.29. The normalized spacial score (nSPS) is 23.0. The second-order valence-electron chi connectivity index (χ2n) is 5.38. The van der Waals surface area contributed by atoms with Crippen LogP contribution in [0, 0.1) is 5.92 Å². The molecule has 1 heterocycles. The Labute approximate surface area is 127 Å². The number of benzene rings is 1. The molecule has 1 aromatic rings. The Balaban J connectivity index is 2.42. The van der Waals surface area contributed by atoms with Crippen LogP contribution in [0.5, 0.6) is 11.5 Å². The highest BCUT2D eigenvalue weighted by Crippen LogP contribution is 2.42. The molecular weight excluding hydrogens is 266 g/mol. The van der Waals surface area contributed by atoms with Crippen molar-refractivity contribution in [2.75, 3.05) is 27.4 Å². The monoisotopic (exact) mass is 293 g/mol. The van der Waals surface area contributed by atoms with Crippen molar-refractivity contribution < 1.29 is 14.2 Å². The lowest BCUT2D eigenvalue weighted by Crippen LogP contribution is -2.33. The van der Waals surface area contributed by atoms with Crippen LogP contribution in [0.25, 0.3) is 0 Å². The molecule has 3 atom stereocenters. The van der Waals surface area contributed by atoms with Gasteiger partial charge in [0.2, 0.25) is 0 Å². The van der Waals surface area contributed by atoms with Crippen LogP contribution in [0.2, 0.25) is 0 Å². The maximum atomic E-state index is 5.89. The van der Waals surface area contributed by atoms with Crippen molar-refractivity contribution in [1.29, 1.82) is 0 Å². The number of nitrogens with one attached hydrogen (secondary N) is 1. The van der Waals surface area contributed by atoms with E-state index >= 15 is 0 Å². The quantitative estimate of drug-likeness (QED) is 0.838. The van der Waals surface area contributed by atoms with Crippen LogP contribution >= 0.6 is 0 Å². The fraction of sp³-hybridized carbons (Fsp3) is 0.647. The van der Waals surface area contributed by atoms with E-state index in [2.05, 4.69) is 19.2 Å². The average Bonchev–Trinajstić information content (AvgIpc) is 3.00. The lowest BCUT2D eigenvalue weighted by Gasteiger charge is -2.30. The molecule has 118 valence electrons. The van der Waals surface area contributed by atoms with Gasteiger partial charge in [-0.1, -0.05) is 19.9 Å². The van der Waals surface area contributed by atoms with Crippen molar-refractivity contribution >= 4 is 0 Å². The first-order valence-corrected chi connectivity index (χ1v) is 7.82. The van der Waals surface area contributed by atoms with Gasteiger partial charge in [0.05, 0.1) is 25.9 Å². The second-order valence-corrected chi connectivity index (χ2v) is 5.38. The Morgan fingerprint density at radius 1 is 1.24 bits per heavy atom. The molecule has 1 aliphatic rings. The van der Waals surface area contributed by atoms with Gasteiger partial charge in [0, 0.05) is 18.6 Å². The largest absolute Gasteiger partial charge is 0.496 e. The summed E-state index contributed by atoms with van der Waals surface area (Å²) in [6, 6.07) is 6.15. The van der Waals surface area contributed by atoms with Crippen LogP contribution in [0.4, 0.5) is 0 Å². The topological polar surface area (TPSA) is 39.7 Å². The molecule has 21 heavy (non-hydrogen) atoms. The van der Waals surface area contributed by atoms with Crippen molar-refractivity contribution in [3.63, 3.8) is 0 Å². The summed E-state index contributed by atoms with van der Waals surface area (Å²) in [5, 5.41) is 3.61. The van der Waals surface area contributed by atoms with Gasteiger partial charge in [-0.05, 0) is 31.5 Å². The Morgan fingerprint density at radius 2 is 1.90 bits per heavy atom. The van der Waals surface area contributed by atoms with Gasteiger partial charge in [0.1, 0.15) is 11.5 Å². The summed E-state index contributed by atoms with van der Waals surface area (Å²) in [5.41, 5.74) is 1.11. The SMILES string of the molecule is CCNC(c1c(OC)cccc1OC)C1CCOC1CC. The van der Waals surface area contributed by atoms with Crippen molar-refractivity contribution in [2.24, 2.45) is 5.92 Å². The van der Waals surface area contributed by atoms with E-state index in [1.54, 1.807) is 14.2 Å². The van der Waals surface area contributed by atoms with Crippen LogP contribution < -0.4 is 14.8 Å². The van der Waals surface area contributed by atoms with Gasteiger partial charge in [0.15, 0.2) is 0 Å². The first-order chi connectivity index (χ1) is 10.3. The van der Waals surface area contributed by atoms with Crippen LogP contribution in [-0.2, 0) is 4.74 Å². The third-order valence-corrected chi connectivity index (χ3v) is 4.29. The van der Waals surface area contributed by atoms with E-state index in [0.717, 1.165) is 43.1 Å². The van der Waals surface area contributed by atoms with Crippen LogP contribution in [0.15, 0.2) is 18.2 Å². The molecule has 0 amide bonds. The maximum absolute atomic E-state index is 5.89. The minimum Gasteiger partial charge on any atom is -0.496 e. The highest BCUT2D eigenvalue weighted by Gasteiger charge is 2.36. The average molecular weight is 293 g/mol. The van der Waals surface area contributed by atoms with Crippen molar-refractivity contribution in [3.05, 3.63) is 23.8 Å². The molecule has 1 aromatic carbocycles. The molecule has 1 aliphatic heterocycles. The first-order valence-electron chi connectivity index (χ1n) is 7.82. The Bertz CT molecular complexity index is 427. The molecule has 0 aliphatic carbocycles. The molecule has 1 N–H and O–H groups in total. The van der Waals surface area contributed by atoms with E-state index in [0.29, 0.717) is 12.0 Å². The molecule has 4 nitrogen and oxygen atoms in total.